The molecule has 2 rings (SSSR count). The zero-order valence-electron chi connectivity index (χ0n) is 12.0. The van der Waals surface area contributed by atoms with Gasteiger partial charge in [-0.25, -0.2) is 8.42 Å². The Morgan fingerprint density at radius 3 is 2.30 bits per heavy atom. The molecule has 4 nitrogen and oxygen atoms in total. The van der Waals surface area contributed by atoms with Crippen molar-refractivity contribution in [2.75, 3.05) is 6.26 Å². The Morgan fingerprint density at radius 1 is 1.20 bits per heavy atom. The van der Waals surface area contributed by atoms with Crippen LogP contribution in [0.5, 0.6) is 0 Å². The molecule has 3 N–H and O–H groups in total. The predicted octanol–water partition coefficient (Wildman–Crippen LogP) is 2.56. The van der Waals surface area contributed by atoms with Crippen molar-refractivity contribution in [2.24, 2.45) is 11.8 Å². The average molecular weight is 296 g/mol. The van der Waals surface area contributed by atoms with E-state index in [9.17, 15) is 8.42 Å². The number of sulfone groups is 1. The maximum Gasteiger partial charge on any atom is 0.175 e. The van der Waals surface area contributed by atoms with Crippen LogP contribution in [0, 0.1) is 5.92 Å². The van der Waals surface area contributed by atoms with Crippen LogP contribution in [-0.2, 0) is 9.84 Å². The molecule has 1 atom stereocenters. The Morgan fingerprint density at radius 2 is 1.80 bits per heavy atom. The first-order valence-electron chi connectivity index (χ1n) is 7.27. The summed E-state index contributed by atoms with van der Waals surface area (Å²) < 4.78 is 22.9. The van der Waals surface area contributed by atoms with Gasteiger partial charge in [-0.2, -0.15) is 0 Å². The van der Waals surface area contributed by atoms with Crippen molar-refractivity contribution in [1.29, 1.82) is 0 Å². The SMILES string of the molecule is CS(=O)(=O)c1ccc(C(CC2CCCCC2)NN)cc1. The van der Waals surface area contributed by atoms with Gasteiger partial charge in [0.15, 0.2) is 9.84 Å². The first kappa shape index (κ1) is 15.5. The Bertz CT molecular complexity index is 519. The second-order valence-corrected chi connectivity index (χ2v) is 7.82. The minimum Gasteiger partial charge on any atom is -0.271 e. The maximum atomic E-state index is 11.5. The standard InChI is InChI=1S/C15H24N2O2S/c1-20(18,19)14-9-7-13(8-10-14)15(17-16)11-12-5-3-2-4-6-12/h7-10,12,15,17H,2-6,11,16H2,1H3. The topological polar surface area (TPSA) is 72.2 Å². The summed E-state index contributed by atoms with van der Waals surface area (Å²) in [5.74, 6) is 6.40. The molecule has 0 heterocycles. The lowest BCUT2D eigenvalue weighted by molar-refractivity contribution is 0.301. The Kier molecular flexibility index (Phi) is 5.18. The predicted molar refractivity (Wildman–Crippen MR) is 80.8 cm³/mol. The Hall–Kier alpha value is -0.910. The molecule has 112 valence electrons. The smallest absolute Gasteiger partial charge is 0.175 e. The lowest BCUT2D eigenvalue weighted by Crippen LogP contribution is -2.30. The zero-order valence-corrected chi connectivity index (χ0v) is 12.8. The molecule has 0 amide bonds. The molecule has 1 aliphatic carbocycles. The fourth-order valence-electron chi connectivity index (χ4n) is 3.00. The van der Waals surface area contributed by atoms with E-state index < -0.39 is 9.84 Å². The Balaban J connectivity index is 2.07. The van der Waals surface area contributed by atoms with E-state index >= 15 is 0 Å². The second-order valence-electron chi connectivity index (χ2n) is 5.80. The van der Waals surface area contributed by atoms with Crippen molar-refractivity contribution >= 4 is 9.84 Å². The summed E-state index contributed by atoms with van der Waals surface area (Å²) in [5, 5.41) is 0. The molecular formula is C15H24N2O2S. The van der Waals surface area contributed by atoms with Crippen molar-refractivity contribution < 1.29 is 8.42 Å². The van der Waals surface area contributed by atoms with Gasteiger partial charge in [0.2, 0.25) is 0 Å². The van der Waals surface area contributed by atoms with Gasteiger partial charge in [0.05, 0.1) is 4.90 Å². The monoisotopic (exact) mass is 296 g/mol. The number of rotatable bonds is 5. The molecule has 1 aromatic carbocycles. The molecule has 1 unspecified atom stereocenters. The van der Waals surface area contributed by atoms with Crippen LogP contribution in [0.25, 0.3) is 0 Å². The lowest BCUT2D eigenvalue weighted by atomic mass is 9.83. The molecule has 0 aliphatic heterocycles. The molecule has 5 heteroatoms. The van der Waals surface area contributed by atoms with Gasteiger partial charge in [0.1, 0.15) is 0 Å². The molecule has 20 heavy (non-hydrogen) atoms. The fourth-order valence-corrected chi connectivity index (χ4v) is 3.63. The van der Waals surface area contributed by atoms with Crippen molar-refractivity contribution in [3.8, 4) is 0 Å². The molecular weight excluding hydrogens is 272 g/mol. The summed E-state index contributed by atoms with van der Waals surface area (Å²) in [6.45, 7) is 0. The first-order valence-corrected chi connectivity index (χ1v) is 9.16. The molecule has 0 spiro atoms. The van der Waals surface area contributed by atoms with Crippen LogP contribution >= 0.6 is 0 Å². The number of hydrogen-bond donors (Lipinski definition) is 2. The van der Waals surface area contributed by atoms with E-state index in [-0.39, 0.29) is 6.04 Å². The van der Waals surface area contributed by atoms with Crippen LogP contribution < -0.4 is 11.3 Å². The van der Waals surface area contributed by atoms with Crippen LogP contribution in [0.1, 0.15) is 50.1 Å². The minimum atomic E-state index is -3.13. The normalized spacial score (nSPS) is 18.9. The number of nitrogens with one attached hydrogen (secondary N) is 1. The molecule has 0 radical (unpaired) electrons. The van der Waals surface area contributed by atoms with Crippen molar-refractivity contribution in [1.82, 2.24) is 5.43 Å². The summed E-state index contributed by atoms with van der Waals surface area (Å²) in [7, 11) is -3.13. The number of nitrogens with two attached hydrogens (primary N) is 1. The molecule has 1 fully saturated rings. The summed E-state index contributed by atoms with van der Waals surface area (Å²) in [4.78, 5) is 0.356. The molecule has 0 bridgehead atoms. The summed E-state index contributed by atoms with van der Waals surface area (Å²) >= 11 is 0. The largest absolute Gasteiger partial charge is 0.271 e. The van der Waals surface area contributed by atoms with Gasteiger partial charge >= 0.3 is 0 Å². The highest BCUT2D eigenvalue weighted by Gasteiger charge is 2.19. The molecule has 1 aliphatic rings. The van der Waals surface area contributed by atoms with Gasteiger partial charge < -0.3 is 0 Å². The van der Waals surface area contributed by atoms with Crippen molar-refractivity contribution in [3.05, 3.63) is 29.8 Å². The quantitative estimate of drug-likeness (QED) is 0.647. The van der Waals surface area contributed by atoms with Crippen molar-refractivity contribution in [3.63, 3.8) is 0 Å². The van der Waals surface area contributed by atoms with Gasteiger partial charge in [0, 0.05) is 12.3 Å². The van der Waals surface area contributed by atoms with Crippen LogP contribution in [-0.4, -0.2) is 14.7 Å². The van der Waals surface area contributed by atoms with E-state index in [1.807, 2.05) is 12.1 Å². The van der Waals surface area contributed by atoms with E-state index in [1.165, 1.54) is 38.4 Å². The highest BCUT2D eigenvalue weighted by Crippen LogP contribution is 2.31. The number of hydrazine groups is 1. The fraction of sp³-hybridized carbons (Fsp3) is 0.600. The van der Waals surface area contributed by atoms with Gasteiger partial charge in [0.25, 0.3) is 0 Å². The number of hydrogen-bond acceptors (Lipinski definition) is 4. The van der Waals surface area contributed by atoms with E-state index in [2.05, 4.69) is 5.43 Å². The third-order valence-electron chi connectivity index (χ3n) is 4.21. The molecule has 0 saturated heterocycles. The zero-order chi connectivity index (χ0) is 14.6. The lowest BCUT2D eigenvalue weighted by Gasteiger charge is -2.26. The third-order valence-corrected chi connectivity index (χ3v) is 5.33. The van der Waals surface area contributed by atoms with E-state index in [0.29, 0.717) is 4.90 Å². The molecule has 1 saturated carbocycles. The van der Waals surface area contributed by atoms with Crippen LogP contribution in [0.2, 0.25) is 0 Å². The van der Waals surface area contributed by atoms with Gasteiger partial charge in [-0.15, -0.1) is 0 Å². The maximum absolute atomic E-state index is 11.5. The van der Waals surface area contributed by atoms with Gasteiger partial charge in [-0.1, -0.05) is 44.2 Å². The summed E-state index contributed by atoms with van der Waals surface area (Å²) in [6, 6.07) is 7.16. The van der Waals surface area contributed by atoms with E-state index in [1.54, 1.807) is 12.1 Å². The van der Waals surface area contributed by atoms with Crippen LogP contribution in [0.3, 0.4) is 0 Å². The van der Waals surface area contributed by atoms with Crippen molar-refractivity contribution in [2.45, 2.75) is 49.5 Å². The van der Waals surface area contributed by atoms with Crippen LogP contribution in [0.15, 0.2) is 29.2 Å². The second kappa shape index (κ2) is 6.70. The Labute approximate surface area is 121 Å². The molecule has 1 aromatic rings. The van der Waals surface area contributed by atoms with Gasteiger partial charge in [-0.3, -0.25) is 11.3 Å². The third kappa shape index (κ3) is 4.04. The highest BCUT2D eigenvalue weighted by atomic mass is 32.2. The van der Waals surface area contributed by atoms with Gasteiger partial charge in [-0.05, 0) is 30.0 Å². The first-order chi connectivity index (χ1) is 9.50. The molecule has 0 aromatic heterocycles. The highest BCUT2D eigenvalue weighted by molar-refractivity contribution is 7.90. The van der Waals surface area contributed by atoms with E-state index in [4.69, 9.17) is 5.84 Å². The van der Waals surface area contributed by atoms with E-state index in [0.717, 1.165) is 17.9 Å². The summed E-state index contributed by atoms with van der Waals surface area (Å²) in [5.41, 5.74) is 3.94. The number of benzene rings is 1. The average Bonchev–Trinajstić information content (AvgIpc) is 2.45. The minimum absolute atomic E-state index is 0.103. The van der Waals surface area contributed by atoms with Crippen LogP contribution in [0.4, 0.5) is 0 Å². The summed E-state index contributed by atoms with van der Waals surface area (Å²) in [6.07, 6.45) is 8.78.